The average Bonchev–Trinajstić information content (AvgIpc) is 2.51. The first-order valence-electron chi connectivity index (χ1n) is 7.11. The predicted octanol–water partition coefficient (Wildman–Crippen LogP) is 2.95. The van der Waals surface area contributed by atoms with Gasteiger partial charge in [-0.15, -0.1) is 0 Å². The van der Waals surface area contributed by atoms with E-state index < -0.39 is 0 Å². The van der Waals surface area contributed by atoms with Gasteiger partial charge in [0, 0.05) is 37.6 Å². The molecule has 3 nitrogen and oxygen atoms in total. The van der Waals surface area contributed by atoms with Crippen molar-refractivity contribution in [2.45, 2.75) is 0 Å². The molecule has 1 aliphatic heterocycles. The van der Waals surface area contributed by atoms with Crippen LogP contribution in [0.15, 0.2) is 60.7 Å². The summed E-state index contributed by atoms with van der Waals surface area (Å²) in [6.07, 6.45) is 0. The van der Waals surface area contributed by atoms with Gasteiger partial charge in [0.25, 0.3) is 0 Å². The lowest BCUT2D eigenvalue weighted by Crippen LogP contribution is -2.40. The van der Waals surface area contributed by atoms with Gasteiger partial charge in [-0.2, -0.15) is 0 Å². The minimum Gasteiger partial charge on any atom is -0.356 e. The Balaban J connectivity index is 0.000000178. The molecule has 20 heavy (non-hydrogen) atoms. The molecule has 0 atom stereocenters. The number of hydrogen-bond donors (Lipinski definition) is 2. The Labute approximate surface area is 121 Å². The maximum atomic E-state index is 3.30. The van der Waals surface area contributed by atoms with Gasteiger partial charge in [-0.25, -0.2) is 0 Å². The number of hydrogen-bond acceptors (Lipinski definition) is 3. The van der Waals surface area contributed by atoms with Crippen LogP contribution in [0, 0.1) is 0 Å². The van der Waals surface area contributed by atoms with E-state index in [1.54, 1.807) is 0 Å². The maximum absolute atomic E-state index is 3.30. The SMILES string of the molecule is CN1CCNCC1.c1ccc(Nc2ccccc2)cc1. The van der Waals surface area contributed by atoms with Crippen LogP contribution >= 0.6 is 0 Å². The molecular weight excluding hydrogens is 246 g/mol. The van der Waals surface area contributed by atoms with Crippen LogP contribution < -0.4 is 10.6 Å². The van der Waals surface area contributed by atoms with E-state index in [0.717, 1.165) is 24.5 Å². The van der Waals surface area contributed by atoms with Crippen LogP contribution in [-0.2, 0) is 0 Å². The molecule has 2 aromatic carbocycles. The van der Waals surface area contributed by atoms with Crippen LogP contribution in [0.25, 0.3) is 0 Å². The number of nitrogens with zero attached hydrogens (tertiary/aromatic N) is 1. The van der Waals surface area contributed by atoms with Gasteiger partial charge >= 0.3 is 0 Å². The molecule has 0 unspecified atom stereocenters. The van der Waals surface area contributed by atoms with Crippen molar-refractivity contribution in [1.29, 1.82) is 0 Å². The number of likely N-dealkylation sites (N-methyl/N-ethyl adjacent to an activating group) is 1. The van der Waals surface area contributed by atoms with Crippen molar-refractivity contribution < 1.29 is 0 Å². The number of nitrogens with one attached hydrogen (secondary N) is 2. The fourth-order valence-corrected chi connectivity index (χ4v) is 1.99. The molecule has 1 aliphatic rings. The lowest BCUT2D eigenvalue weighted by atomic mass is 10.3. The van der Waals surface area contributed by atoms with Crippen LogP contribution in [0.2, 0.25) is 0 Å². The third-order valence-electron chi connectivity index (χ3n) is 3.18. The third kappa shape index (κ3) is 5.43. The zero-order chi connectivity index (χ0) is 14.0. The summed E-state index contributed by atoms with van der Waals surface area (Å²) in [4.78, 5) is 2.33. The topological polar surface area (TPSA) is 27.3 Å². The molecule has 3 rings (SSSR count). The van der Waals surface area contributed by atoms with Gasteiger partial charge in [0.1, 0.15) is 0 Å². The van der Waals surface area contributed by atoms with E-state index in [1.807, 2.05) is 60.7 Å². The largest absolute Gasteiger partial charge is 0.356 e. The van der Waals surface area contributed by atoms with Crippen LogP contribution in [0.5, 0.6) is 0 Å². The average molecular weight is 269 g/mol. The van der Waals surface area contributed by atoms with Gasteiger partial charge < -0.3 is 15.5 Å². The molecule has 1 fully saturated rings. The monoisotopic (exact) mass is 269 g/mol. The minimum atomic E-state index is 1.12. The molecule has 0 aliphatic carbocycles. The van der Waals surface area contributed by atoms with E-state index in [-0.39, 0.29) is 0 Å². The number of anilines is 2. The molecular formula is C17H23N3. The van der Waals surface area contributed by atoms with Crippen LogP contribution in [-0.4, -0.2) is 38.1 Å². The molecule has 0 radical (unpaired) electrons. The second-order valence-corrected chi connectivity index (χ2v) is 4.91. The van der Waals surface area contributed by atoms with Crippen LogP contribution in [0.4, 0.5) is 11.4 Å². The van der Waals surface area contributed by atoms with E-state index >= 15 is 0 Å². The molecule has 3 heteroatoms. The standard InChI is InChI=1S/C12H11N.C5H12N2/c1-3-7-11(8-4-1)13-12-9-5-2-6-10-12;1-7-4-2-6-3-5-7/h1-10,13H;6H,2-5H2,1H3. The van der Waals surface area contributed by atoms with Crippen molar-refractivity contribution in [3.05, 3.63) is 60.7 Å². The van der Waals surface area contributed by atoms with Gasteiger partial charge in [0.05, 0.1) is 0 Å². The highest BCUT2D eigenvalue weighted by molar-refractivity contribution is 5.58. The summed E-state index contributed by atoms with van der Waals surface area (Å²) in [6, 6.07) is 20.3. The van der Waals surface area contributed by atoms with Gasteiger partial charge in [-0.1, -0.05) is 36.4 Å². The minimum absolute atomic E-state index is 1.12. The van der Waals surface area contributed by atoms with Crippen molar-refractivity contribution in [1.82, 2.24) is 10.2 Å². The van der Waals surface area contributed by atoms with Gasteiger partial charge in [-0.3, -0.25) is 0 Å². The smallest absolute Gasteiger partial charge is 0.0384 e. The number of benzene rings is 2. The fourth-order valence-electron chi connectivity index (χ4n) is 1.99. The fraction of sp³-hybridized carbons (Fsp3) is 0.294. The molecule has 106 valence electrons. The summed E-state index contributed by atoms with van der Waals surface area (Å²) in [7, 11) is 2.15. The van der Waals surface area contributed by atoms with E-state index in [4.69, 9.17) is 0 Å². The normalized spacial score (nSPS) is 15.1. The second-order valence-electron chi connectivity index (χ2n) is 4.91. The Kier molecular flexibility index (Phi) is 6.08. The number of para-hydroxylation sites is 2. The Morgan fingerprint density at radius 1 is 0.800 bits per heavy atom. The first-order valence-corrected chi connectivity index (χ1v) is 7.11. The molecule has 0 saturated carbocycles. The highest BCUT2D eigenvalue weighted by Gasteiger charge is 2.01. The number of rotatable bonds is 2. The zero-order valence-electron chi connectivity index (χ0n) is 12.0. The molecule has 1 heterocycles. The summed E-state index contributed by atoms with van der Waals surface area (Å²) in [5.74, 6) is 0. The Bertz CT molecular complexity index is 427. The summed E-state index contributed by atoms with van der Waals surface area (Å²) in [5.41, 5.74) is 2.24. The van der Waals surface area contributed by atoms with E-state index in [2.05, 4.69) is 22.6 Å². The predicted molar refractivity (Wildman–Crippen MR) is 86.5 cm³/mol. The molecule has 0 spiro atoms. The molecule has 0 aromatic heterocycles. The van der Waals surface area contributed by atoms with Gasteiger partial charge in [0.2, 0.25) is 0 Å². The summed E-state index contributed by atoms with van der Waals surface area (Å²) < 4.78 is 0. The molecule has 2 N–H and O–H groups in total. The molecule has 1 saturated heterocycles. The lowest BCUT2D eigenvalue weighted by Gasteiger charge is -2.21. The van der Waals surface area contributed by atoms with E-state index in [1.165, 1.54) is 13.1 Å². The lowest BCUT2D eigenvalue weighted by molar-refractivity contribution is 0.291. The van der Waals surface area contributed by atoms with E-state index in [0.29, 0.717) is 0 Å². The molecule has 2 aromatic rings. The highest BCUT2D eigenvalue weighted by atomic mass is 15.2. The third-order valence-corrected chi connectivity index (χ3v) is 3.18. The Morgan fingerprint density at radius 3 is 1.60 bits per heavy atom. The van der Waals surface area contributed by atoms with Crippen molar-refractivity contribution in [2.24, 2.45) is 0 Å². The van der Waals surface area contributed by atoms with Crippen molar-refractivity contribution in [3.63, 3.8) is 0 Å². The summed E-state index contributed by atoms with van der Waals surface area (Å²) >= 11 is 0. The van der Waals surface area contributed by atoms with Crippen molar-refractivity contribution >= 4 is 11.4 Å². The van der Waals surface area contributed by atoms with Gasteiger partial charge in [0.15, 0.2) is 0 Å². The maximum Gasteiger partial charge on any atom is 0.0384 e. The van der Waals surface area contributed by atoms with E-state index in [9.17, 15) is 0 Å². The first kappa shape index (κ1) is 14.6. The van der Waals surface area contributed by atoms with Crippen LogP contribution in [0.3, 0.4) is 0 Å². The summed E-state index contributed by atoms with van der Waals surface area (Å²) in [6.45, 7) is 4.74. The zero-order valence-corrected chi connectivity index (χ0v) is 12.0. The summed E-state index contributed by atoms with van der Waals surface area (Å²) in [5, 5.41) is 6.58. The Hall–Kier alpha value is -1.84. The molecule has 0 bridgehead atoms. The molecule has 0 amide bonds. The first-order chi connectivity index (χ1) is 9.84. The van der Waals surface area contributed by atoms with Crippen molar-refractivity contribution in [2.75, 3.05) is 38.5 Å². The second kappa shape index (κ2) is 8.35. The van der Waals surface area contributed by atoms with Gasteiger partial charge in [-0.05, 0) is 31.3 Å². The Morgan fingerprint density at radius 2 is 1.25 bits per heavy atom. The van der Waals surface area contributed by atoms with Crippen molar-refractivity contribution in [3.8, 4) is 0 Å². The van der Waals surface area contributed by atoms with Crippen LogP contribution in [0.1, 0.15) is 0 Å². The number of piperazine rings is 1. The quantitative estimate of drug-likeness (QED) is 0.877. The highest BCUT2D eigenvalue weighted by Crippen LogP contribution is 2.14.